The number of methoxy groups -OCH3 is 1. The minimum absolute atomic E-state index is 0.101. The predicted octanol–water partition coefficient (Wildman–Crippen LogP) is 1.08. The molecule has 0 saturated carbocycles. The molecule has 0 unspecified atom stereocenters. The van der Waals surface area contributed by atoms with Gasteiger partial charge < -0.3 is 14.2 Å². The Balaban J connectivity index is 1.91. The maximum Gasteiger partial charge on any atom is 0.248 e. The Morgan fingerprint density at radius 2 is 2.44 bits per heavy atom. The minimum Gasteiger partial charge on any atom is -0.375 e. The van der Waals surface area contributed by atoms with Crippen molar-refractivity contribution in [3.63, 3.8) is 0 Å². The lowest BCUT2D eigenvalue weighted by atomic mass is 9.98. The summed E-state index contributed by atoms with van der Waals surface area (Å²) in [7, 11) is 1.56. The fourth-order valence-electron chi connectivity index (χ4n) is 2.53. The summed E-state index contributed by atoms with van der Waals surface area (Å²) >= 11 is 0. The third kappa shape index (κ3) is 3.10. The average molecular weight is 251 g/mol. The van der Waals surface area contributed by atoms with Crippen molar-refractivity contribution in [3.8, 4) is 0 Å². The van der Waals surface area contributed by atoms with Gasteiger partial charge in [0.15, 0.2) is 0 Å². The molecule has 1 aromatic rings. The number of rotatable bonds is 4. The number of nitrogens with zero attached hydrogens (tertiary/aromatic N) is 3. The molecule has 1 aliphatic heterocycles. The fraction of sp³-hybridized carbons (Fsp3) is 0.692. The average Bonchev–Trinajstić information content (AvgIpc) is 2.76. The van der Waals surface area contributed by atoms with Gasteiger partial charge in [-0.2, -0.15) is 0 Å². The zero-order valence-corrected chi connectivity index (χ0v) is 11.1. The van der Waals surface area contributed by atoms with Crippen LogP contribution in [-0.4, -0.2) is 47.2 Å². The Kier molecular flexibility index (Phi) is 4.36. The van der Waals surface area contributed by atoms with Crippen molar-refractivity contribution in [3.05, 3.63) is 18.2 Å². The van der Waals surface area contributed by atoms with Gasteiger partial charge in [0, 0.05) is 39.1 Å². The highest BCUT2D eigenvalue weighted by Crippen LogP contribution is 2.19. The SMILES string of the molecule is COCC(=O)N1CCC[C@H](Cn2ccnc2C)C1. The fourth-order valence-corrected chi connectivity index (χ4v) is 2.53. The number of hydrogen-bond donors (Lipinski definition) is 0. The predicted molar refractivity (Wildman–Crippen MR) is 68.1 cm³/mol. The Morgan fingerprint density at radius 1 is 1.61 bits per heavy atom. The summed E-state index contributed by atoms with van der Waals surface area (Å²) in [5.74, 6) is 1.66. The summed E-state index contributed by atoms with van der Waals surface area (Å²) < 4.78 is 7.07. The van der Waals surface area contributed by atoms with E-state index < -0.39 is 0 Å². The van der Waals surface area contributed by atoms with Gasteiger partial charge in [0.1, 0.15) is 12.4 Å². The zero-order chi connectivity index (χ0) is 13.0. The molecule has 1 atom stereocenters. The van der Waals surface area contributed by atoms with E-state index in [0.717, 1.165) is 31.9 Å². The molecule has 18 heavy (non-hydrogen) atoms. The van der Waals surface area contributed by atoms with E-state index in [1.165, 1.54) is 6.42 Å². The molecule has 2 heterocycles. The third-order valence-corrected chi connectivity index (χ3v) is 3.52. The normalized spacial score (nSPS) is 20.1. The van der Waals surface area contributed by atoms with Crippen LogP contribution in [0.15, 0.2) is 12.4 Å². The van der Waals surface area contributed by atoms with Crippen LogP contribution in [-0.2, 0) is 16.1 Å². The molecule has 0 spiro atoms. The molecule has 100 valence electrons. The summed E-state index contributed by atoms with van der Waals surface area (Å²) in [6.45, 7) is 4.84. The third-order valence-electron chi connectivity index (χ3n) is 3.52. The van der Waals surface area contributed by atoms with Gasteiger partial charge in [0.05, 0.1) is 0 Å². The highest BCUT2D eigenvalue weighted by Gasteiger charge is 2.23. The van der Waals surface area contributed by atoms with Gasteiger partial charge in [-0.3, -0.25) is 4.79 Å². The van der Waals surface area contributed by atoms with Gasteiger partial charge in [-0.05, 0) is 25.7 Å². The second kappa shape index (κ2) is 6.00. The number of ether oxygens (including phenoxy) is 1. The molecular formula is C13H21N3O2. The Bertz CT molecular complexity index is 403. The van der Waals surface area contributed by atoms with Gasteiger partial charge in [-0.15, -0.1) is 0 Å². The van der Waals surface area contributed by atoms with Crippen LogP contribution in [0.1, 0.15) is 18.7 Å². The molecule has 1 amide bonds. The van der Waals surface area contributed by atoms with Gasteiger partial charge in [-0.1, -0.05) is 0 Å². The maximum atomic E-state index is 11.8. The number of piperidine rings is 1. The monoisotopic (exact) mass is 251 g/mol. The molecule has 5 heteroatoms. The largest absolute Gasteiger partial charge is 0.375 e. The van der Waals surface area contributed by atoms with Crippen LogP contribution >= 0.6 is 0 Å². The van der Waals surface area contributed by atoms with Crippen LogP contribution in [0.4, 0.5) is 0 Å². The van der Waals surface area contributed by atoms with Crippen molar-refractivity contribution < 1.29 is 9.53 Å². The summed E-state index contributed by atoms with van der Waals surface area (Å²) in [4.78, 5) is 17.9. The molecule has 0 aliphatic carbocycles. The number of carbonyl (C=O) groups excluding carboxylic acids is 1. The number of aryl methyl sites for hydroxylation is 1. The van der Waals surface area contributed by atoms with Crippen LogP contribution < -0.4 is 0 Å². The van der Waals surface area contributed by atoms with Crippen molar-refractivity contribution in [2.24, 2.45) is 5.92 Å². The lowest BCUT2D eigenvalue weighted by Crippen LogP contribution is -2.42. The van der Waals surface area contributed by atoms with Gasteiger partial charge in [0.25, 0.3) is 0 Å². The first kappa shape index (κ1) is 13.1. The summed E-state index contributed by atoms with van der Waals surface area (Å²) in [6, 6.07) is 0. The Morgan fingerprint density at radius 3 is 3.11 bits per heavy atom. The van der Waals surface area contributed by atoms with Gasteiger partial charge in [0.2, 0.25) is 5.91 Å². The van der Waals surface area contributed by atoms with Crippen LogP contribution in [0.25, 0.3) is 0 Å². The second-order valence-electron chi connectivity index (χ2n) is 4.91. The molecule has 0 N–H and O–H groups in total. The van der Waals surface area contributed by atoms with Crippen LogP contribution in [0.3, 0.4) is 0 Å². The highest BCUT2D eigenvalue weighted by molar-refractivity contribution is 5.77. The lowest BCUT2D eigenvalue weighted by molar-refractivity contribution is -0.137. The van der Waals surface area contributed by atoms with E-state index in [4.69, 9.17) is 4.74 Å². The van der Waals surface area contributed by atoms with Crippen molar-refractivity contribution >= 4 is 5.91 Å². The summed E-state index contributed by atoms with van der Waals surface area (Å²) in [6.07, 6.45) is 6.08. The number of likely N-dealkylation sites (tertiary alicyclic amines) is 1. The maximum absolute atomic E-state index is 11.8. The van der Waals surface area contributed by atoms with Crippen molar-refractivity contribution in [2.75, 3.05) is 26.8 Å². The topological polar surface area (TPSA) is 47.4 Å². The van der Waals surface area contributed by atoms with Crippen LogP contribution in [0.5, 0.6) is 0 Å². The highest BCUT2D eigenvalue weighted by atomic mass is 16.5. The van der Waals surface area contributed by atoms with E-state index >= 15 is 0 Å². The van der Waals surface area contributed by atoms with Crippen LogP contribution in [0, 0.1) is 12.8 Å². The number of hydrogen-bond acceptors (Lipinski definition) is 3. The van der Waals surface area contributed by atoms with Crippen molar-refractivity contribution in [1.29, 1.82) is 0 Å². The molecule has 0 radical (unpaired) electrons. The number of imidazole rings is 1. The summed E-state index contributed by atoms with van der Waals surface area (Å²) in [5.41, 5.74) is 0. The molecule has 1 saturated heterocycles. The summed E-state index contributed by atoms with van der Waals surface area (Å²) in [5, 5.41) is 0. The van der Waals surface area contributed by atoms with E-state index in [-0.39, 0.29) is 12.5 Å². The molecule has 1 aliphatic rings. The smallest absolute Gasteiger partial charge is 0.248 e. The lowest BCUT2D eigenvalue weighted by Gasteiger charge is -2.33. The number of carbonyl (C=O) groups is 1. The number of amides is 1. The van der Waals surface area contributed by atoms with Crippen molar-refractivity contribution in [1.82, 2.24) is 14.5 Å². The van der Waals surface area contributed by atoms with Gasteiger partial charge in [-0.25, -0.2) is 4.98 Å². The standard InChI is InChI=1S/C13H21N3O2/c1-11-14-5-7-15(11)8-12-4-3-6-16(9-12)13(17)10-18-2/h5,7,12H,3-4,6,8-10H2,1-2H3/t12-/m1/s1. The first-order valence-electron chi connectivity index (χ1n) is 6.45. The molecule has 0 aromatic carbocycles. The molecule has 5 nitrogen and oxygen atoms in total. The minimum atomic E-state index is 0.101. The van der Waals surface area contributed by atoms with E-state index in [1.54, 1.807) is 7.11 Å². The van der Waals surface area contributed by atoms with E-state index in [0.29, 0.717) is 5.92 Å². The first-order chi connectivity index (χ1) is 8.70. The Hall–Kier alpha value is -1.36. The quantitative estimate of drug-likeness (QED) is 0.804. The zero-order valence-electron chi connectivity index (χ0n) is 11.1. The molecule has 1 aromatic heterocycles. The van der Waals surface area contributed by atoms with E-state index in [2.05, 4.69) is 9.55 Å². The van der Waals surface area contributed by atoms with Crippen LogP contribution in [0.2, 0.25) is 0 Å². The molecular weight excluding hydrogens is 230 g/mol. The second-order valence-corrected chi connectivity index (χ2v) is 4.91. The Labute approximate surface area is 108 Å². The number of aromatic nitrogens is 2. The van der Waals surface area contributed by atoms with E-state index in [1.807, 2.05) is 24.2 Å². The first-order valence-corrected chi connectivity index (χ1v) is 6.45. The molecule has 1 fully saturated rings. The molecule has 2 rings (SSSR count). The molecule has 0 bridgehead atoms. The van der Waals surface area contributed by atoms with E-state index in [9.17, 15) is 4.79 Å². The van der Waals surface area contributed by atoms with Gasteiger partial charge >= 0.3 is 0 Å². The van der Waals surface area contributed by atoms with Crippen molar-refractivity contribution in [2.45, 2.75) is 26.3 Å².